The van der Waals surface area contributed by atoms with Gasteiger partial charge < -0.3 is 5.11 Å². The van der Waals surface area contributed by atoms with Gasteiger partial charge >= 0.3 is 0 Å². The van der Waals surface area contributed by atoms with E-state index in [1.54, 1.807) is 29.1 Å². The van der Waals surface area contributed by atoms with Gasteiger partial charge in [0.05, 0.1) is 11.9 Å². The number of fused-ring (bicyclic) bond motifs is 1. The molecule has 1 unspecified atom stereocenters. The summed E-state index contributed by atoms with van der Waals surface area (Å²) in [4.78, 5) is 0. The Morgan fingerprint density at radius 1 is 1.19 bits per heavy atom. The number of hydrogen-bond donors (Lipinski definition) is 1. The molecule has 0 saturated heterocycles. The third kappa shape index (κ3) is 2.40. The van der Waals surface area contributed by atoms with Crippen molar-refractivity contribution in [1.82, 2.24) is 15.0 Å². The van der Waals surface area contributed by atoms with Crippen LogP contribution in [-0.2, 0) is 6.54 Å². The van der Waals surface area contributed by atoms with Crippen molar-refractivity contribution in [2.75, 3.05) is 0 Å². The van der Waals surface area contributed by atoms with E-state index in [2.05, 4.69) is 10.3 Å². The number of aliphatic hydroxyl groups is 1. The fraction of sp³-hybridized carbons (Fsp3) is 0.250. The summed E-state index contributed by atoms with van der Waals surface area (Å²) in [6.45, 7) is 2.72. The Balaban J connectivity index is 2.12. The minimum atomic E-state index is -0.878. The van der Waals surface area contributed by atoms with Gasteiger partial charge in [0.15, 0.2) is 0 Å². The molecule has 108 valence electrons. The number of halogens is 1. The quantitative estimate of drug-likeness (QED) is 0.801. The number of aromatic nitrogens is 3. The normalized spacial score (nSPS) is 12.7. The molecule has 0 aliphatic heterocycles. The van der Waals surface area contributed by atoms with Gasteiger partial charge in [0.1, 0.15) is 11.9 Å². The van der Waals surface area contributed by atoms with Gasteiger partial charge in [-0.1, -0.05) is 42.5 Å². The smallest absolute Gasteiger partial charge is 0.131 e. The first-order valence-corrected chi connectivity index (χ1v) is 6.96. The fourth-order valence-corrected chi connectivity index (χ4v) is 2.55. The van der Waals surface area contributed by atoms with E-state index < -0.39 is 6.10 Å². The Labute approximate surface area is 121 Å². The lowest BCUT2D eigenvalue weighted by molar-refractivity contribution is 0.209. The van der Waals surface area contributed by atoms with Crippen molar-refractivity contribution in [3.05, 3.63) is 59.7 Å². The second-order valence-electron chi connectivity index (χ2n) is 4.97. The fourth-order valence-electron chi connectivity index (χ4n) is 2.55. The summed E-state index contributed by atoms with van der Waals surface area (Å²) in [6.07, 6.45) is 1.57. The predicted octanol–water partition coefficient (Wildman–Crippen LogP) is 3.06. The maximum atomic E-state index is 13.9. The summed E-state index contributed by atoms with van der Waals surface area (Å²) in [5.41, 5.74) is 1.28. The van der Waals surface area contributed by atoms with Crippen LogP contribution in [0.1, 0.15) is 30.7 Å². The summed E-state index contributed by atoms with van der Waals surface area (Å²) >= 11 is 0. The van der Waals surface area contributed by atoms with Crippen LogP contribution in [0.25, 0.3) is 10.8 Å². The van der Waals surface area contributed by atoms with Gasteiger partial charge in [-0.2, -0.15) is 0 Å². The Morgan fingerprint density at radius 3 is 2.71 bits per heavy atom. The van der Waals surface area contributed by atoms with E-state index in [0.29, 0.717) is 28.6 Å². The highest BCUT2D eigenvalue weighted by Gasteiger charge is 2.19. The molecular formula is C16H16FN3O. The molecular weight excluding hydrogens is 269 g/mol. The molecule has 4 nitrogen and oxygen atoms in total. The summed E-state index contributed by atoms with van der Waals surface area (Å²) in [5.74, 6) is -0.290. The van der Waals surface area contributed by atoms with Crippen LogP contribution >= 0.6 is 0 Å². The van der Waals surface area contributed by atoms with Crippen LogP contribution < -0.4 is 0 Å². The third-order valence-corrected chi connectivity index (χ3v) is 3.56. The highest BCUT2D eigenvalue weighted by Crippen LogP contribution is 2.30. The monoisotopic (exact) mass is 285 g/mol. The van der Waals surface area contributed by atoms with E-state index in [9.17, 15) is 9.50 Å². The van der Waals surface area contributed by atoms with Crippen molar-refractivity contribution in [3.63, 3.8) is 0 Å². The van der Waals surface area contributed by atoms with Crippen LogP contribution in [0.4, 0.5) is 4.39 Å². The average molecular weight is 285 g/mol. The molecule has 0 aliphatic carbocycles. The second-order valence-corrected chi connectivity index (χ2v) is 4.97. The summed E-state index contributed by atoms with van der Waals surface area (Å²) in [5, 5.41) is 19.7. The first-order chi connectivity index (χ1) is 10.2. The van der Waals surface area contributed by atoms with Gasteiger partial charge in [-0.15, -0.1) is 5.10 Å². The highest BCUT2D eigenvalue weighted by atomic mass is 19.1. The third-order valence-electron chi connectivity index (χ3n) is 3.56. The molecule has 0 fully saturated rings. The van der Waals surface area contributed by atoms with E-state index in [4.69, 9.17) is 0 Å². The topological polar surface area (TPSA) is 50.9 Å². The average Bonchev–Trinajstić information content (AvgIpc) is 2.96. The summed E-state index contributed by atoms with van der Waals surface area (Å²) in [6, 6.07) is 10.1. The summed E-state index contributed by atoms with van der Waals surface area (Å²) < 4.78 is 15.5. The van der Waals surface area contributed by atoms with Crippen molar-refractivity contribution in [2.24, 2.45) is 0 Å². The zero-order chi connectivity index (χ0) is 14.8. The Morgan fingerprint density at radius 2 is 1.95 bits per heavy atom. The molecule has 3 rings (SSSR count). The Bertz CT molecular complexity index is 769. The maximum absolute atomic E-state index is 13.9. The molecule has 1 N–H and O–H groups in total. The van der Waals surface area contributed by atoms with Crippen LogP contribution in [-0.4, -0.2) is 20.1 Å². The molecule has 1 heterocycles. The molecule has 1 atom stereocenters. The first-order valence-electron chi connectivity index (χ1n) is 6.96. The minimum Gasteiger partial charge on any atom is -0.382 e. The van der Waals surface area contributed by atoms with Gasteiger partial charge in [-0.25, -0.2) is 9.07 Å². The molecule has 0 amide bonds. The van der Waals surface area contributed by atoms with Crippen molar-refractivity contribution in [1.29, 1.82) is 0 Å². The number of rotatable bonds is 4. The van der Waals surface area contributed by atoms with E-state index >= 15 is 0 Å². The molecule has 21 heavy (non-hydrogen) atoms. The molecule has 0 spiro atoms. The van der Waals surface area contributed by atoms with E-state index in [1.807, 2.05) is 19.1 Å². The molecule has 0 bridgehead atoms. The van der Waals surface area contributed by atoms with Crippen LogP contribution in [0, 0.1) is 5.82 Å². The number of benzene rings is 2. The lowest BCUT2D eigenvalue weighted by Gasteiger charge is -2.15. The predicted molar refractivity (Wildman–Crippen MR) is 78.3 cm³/mol. The number of hydrogen-bond acceptors (Lipinski definition) is 3. The van der Waals surface area contributed by atoms with Gasteiger partial charge in [0, 0.05) is 11.9 Å². The Hall–Kier alpha value is -2.27. The van der Waals surface area contributed by atoms with Gasteiger partial charge in [-0.05, 0) is 23.4 Å². The van der Waals surface area contributed by atoms with Gasteiger partial charge in [-0.3, -0.25) is 0 Å². The second kappa shape index (κ2) is 5.61. The van der Waals surface area contributed by atoms with Crippen LogP contribution in [0.3, 0.4) is 0 Å². The van der Waals surface area contributed by atoms with Gasteiger partial charge in [0.25, 0.3) is 0 Å². The SMILES string of the molecule is CCCn1nncc1C(O)c1ccc(F)c2ccccc12. The van der Waals surface area contributed by atoms with E-state index in [1.165, 1.54) is 6.07 Å². The maximum Gasteiger partial charge on any atom is 0.131 e. The van der Waals surface area contributed by atoms with Crippen molar-refractivity contribution >= 4 is 10.8 Å². The van der Waals surface area contributed by atoms with Crippen LogP contribution in [0.5, 0.6) is 0 Å². The molecule has 3 aromatic rings. The molecule has 0 radical (unpaired) electrons. The van der Waals surface area contributed by atoms with E-state index in [-0.39, 0.29) is 5.82 Å². The zero-order valence-electron chi connectivity index (χ0n) is 11.7. The largest absolute Gasteiger partial charge is 0.382 e. The first kappa shape index (κ1) is 13.7. The number of aryl methyl sites for hydroxylation is 1. The lowest BCUT2D eigenvalue weighted by atomic mass is 9.98. The molecule has 0 aliphatic rings. The lowest BCUT2D eigenvalue weighted by Crippen LogP contribution is -2.10. The van der Waals surface area contributed by atoms with E-state index in [0.717, 1.165) is 6.42 Å². The van der Waals surface area contributed by atoms with Crippen molar-refractivity contribution < 1.29 is 9.50 Å². The molecule has 1 aromatic heterocycles. The molecule has 5 heteroatoms. The standard InChI is InChI=1S/C16H16FN3O/c1-2-9-20-15(10-18-19-20)16(21)13-7-8-14(17)12-6-4-3-5-11(12)13/h3-8,10,16,21H,2,9H2,1H3. The number of nitrogens with zero attached hydrogens (tertiary/aromatic N) is 3. The van der Waals surface area contributed by atoms with Crippen LogP contribution in [0.15, 0.2) is 42.6 Å². The minimum absolute atomic E-state index is 0.290. The highest BCUT2D eigenvalue weighted by molar-refractivity contribution is 5.86. The van der Waals surface area contributed by atoms with Crippen LogP contribution in [0.2, 0.25) is 0 Å². The zero-order valence-corrected chi connectivity index (χ0v) is 11.7. The number of aliphatic hydroxyl groups excluding tert-OH is 1. The molecule has 0 saturated carbocycles. The molecule has 2 aromatic carbocycles. The van der Waals surface area contributed by atoms with Gasteiger partial charge in [0.2, 0.25) is 0 Å². The van der Waals surface area contributed by atoms with Crippen molar-refractivity contribution in [3.8, 4) is 0 Å². The Kier molecular flexibility index (Phi) is 3.66. The van der Waals surface area contributed by atoms with Crippen molar-refractivity contribution in [2.45, 2.75) is 26.0 Å². The summed E-state index contributed by atoms with van der Waals surface area (Å²) in [7, 11) is 0.